The van der Waals surface area contributed by atoms with Gasteiger partial charge < -0.3 is 10.1 Å². The monoisotopic (exact) mass is 297 g/mol. The molecule has 0 spiro atoms. The summed E-state index contributed by atoms with van der Waals surface area (Å²) in [4.78, 5) is 0. The number of methoxy groups -OCH3 is 1. The average molecular weight is 298 g/mol. The Bertz CT molecular complexity index is 560. The van der Waals surface area contributed by atoms with E-state index in [0.29, 0.717) is 16.0 Å². The van der Waals surface area contributed by atoms with Crippen molar-refractivity contribution in [1.82, 2.24) is 10.2 Å². The molecule has 0 amide bonds. The minimum atomic E-state index is 0.0590. The Labute approximate surface area is 121 Å². The van der Waals surface area contributed by atoms with E-state index in [1.165, 1.54) is 0 Å². The lowest BCUT2D eigenvalue weighted by Crippen LogP contribution is -2.07. The first-order valence-electron chi connectivity index (χ1n) is 5.69. The predicted molar refractivity (Wildman–Crippen MR) is 77.1 cm³/mol. The van der Waals surface area contributed by atoms with Crippen LogP contribution in [-0.4, -0.2) is 17.3 Å². The number of aromatic nitrogens is 2. The summed E-state index contributed by atoms with van der Waals surface area (Å²) in [6.07, 6.45) is 0. The van der Waals surface area contributed by atoms with Gasteiger partial charge in [0, 0.05) is 12.1 Å². The molecule has 0 aliphatic carbocycles. The van der Waals surface area contributed by atoms with Crippen LogP contribution >= 0.6 is 23.2 Å². The van der Waals surface area contributed by atoms with Crippen LogP contribution in [0.15, 0.2) is 30.3 Å². The Morgan fingerprint density at radius 2 is 1.84 bits per heavy atom. The van der Waals surface area contributed by atoms with Crippen molar-refractivity contribution < 1.29 is 4.74 Å². The van der Waals surface area contributed by atoms with Crippen molar-refractivity contribution in [2.45, 2.75) is 13.0 Å². The summed E-state index contributed by atoms with van der Waals surface area (Å²) in [6, 6.07) is 9.50. The van der Waals surface area contributed by atoms with E-state index in [9.17, 15) is 0 Å². The fraction of sp³-hybridized carbons (Fsp3) is 0.231. The van der Waals surface area contributed by atoms with Gasteiger partial charge in [0.2, 0.25) is 0 Å². The van der Waals surface area contributed by atoms with E-state index in [2.05, 4.69) is 15.5 Å². The molecule has 0 saturated carbocycles. The van der Waals surface area contributed by atoms with Gasteiger partial charge in [0.25, 0.3) is 0 Å². The standard InChI is InChI=1S/C13H13Cl2N3O/c1-8(9-3-5-10(19-2)6-4-9)16-11-7-12(14)17-18-13(11)15/h3-8H,1-2H3,(H,16,17). The molecule has 2 rings (SSSR count). The summed E-state index contributed by atoms with van der Waals surface area (Å²) in [6.45, 7) is 2.02. The Morgan fingerprint density at radius 1 is 1.16 bits per heavy atom. The van der Waals surface area contributed by atoms with Crippen molar-refractivity contribution in [2.75, 3.05) is 12.4 Å². The number of ether oxygens (including phenoxy) is 1. The molecule has 0 aliphatic rings. The first kappa shape index (κ1) is 13.9. The van der Waals surface area contributed by atoms with Gasteiger partial charge in [0.1, 0.15) is 5.75 Å². The van der Waals surface area contributed by atoms with Crippen molar-refractivity contribution in [3.05, 3.63) is 46.2 Å². The molecule has 0 radical (unpaired) electrons. The van der Waals surface area contributed by atoms with Crippen LogP contribution in [0.2, 0.25) is 10.3 Å². The maximum absolute atomic E-state index is 5.96. The lowest BCUT2D eigenvalue weighted by molar-refractivity contribution is 0.414. The second-order valence-electron chi connectivity index (χ2n) is 4.01. The minimum absolute atomic E-state index is 0.0590. The molecule has 0 aliphatic heterocycles. The molecule has 4 nitrogen and oxygen atoms in total. The predicted octanol–water partition coefficient (Wildman–Crippen LogP) is 3.97. The lowest BCUT2D eigenvalue weighted by Gasteiger charge is -2.16. The molecule has 1 unspecified atom stereocenters. The third-order valence-corrected chi connectivity index (χ3v) is 3.17. The maximum Gasteiger partial charge on any atom is 0.174 e. The van der Waals surface area contributed by atoms with Gasteiger partial charge in [-0.15, -0.1) is 10.2 Å². The smallest absolute Gasteiger partial charge is 0.174 e. The van der Waals surface area contributed by atoms with E-state index in [4.69, 9.17) is 27.9 Å². The van der Waals surface area contributed by atoms with E-state index in [1.54, 1.807) is 13.2 Å². The zero-order valence-electron chi connectivity index (χ0n) is 10.5. The fourth-order valence-electron chi connectivity index (χ4n) is 1.66. The van der Waals surface area contributed by atoms with Crippen LogP contribution in [0, 0.1) is 0 Å². The third-order valence-electron chi connectivity index (χ3n) is 2.71. The summed E-state index contributed by atoms with van der Waals surface area (Å²) < 4.78 is 5.12. The van der Waals surface area contributed by atoms with Gasteiger partial charge in [-0.2, -0.15) is 0 Å². The van der Waals surface area contributed by atoms with Crippen LogP contribution in [0.25, 0.3) is 0 Å². The van der Waals surface area contributed by atoms with Crippen molar-refractivity contribution in [3.63, 3.8) is 0 Å². The Balaban J connectivity index is 2.15. The van der Waals surface area contributed by atoms with Gasteiger partial charge in [-0.05, 0) is 24.6 Å². The zero-order valence-corrected chi connectivity index (χ0v) is 12.0. The molecule has 0 fully saturated rings. The number of benzene rings is 1. The molecule has 100 valence electrons. The van der Waals surface area contributed by atoms with E-state index >= 15 is 0 Å². The molecule has 0 saturated heterocycles. The highest BCUT2D eigenvalue weighted by Gasteiger charge is 2.10. The molecule has 0 bridgehead atoms. The largest absolute Gasteiger partial charge is 0.497 e. The van der Waals surface area contributed by atoms with E-state index in [1.807, 2.05) is 31.2 Å². The third kappa shape index (κ3) is 3.49. The molecule has 1 atom stereocenters. The van der Waals surface area contributed by atoms with Gasteiger partial charge in [-0.1, -0.05) is 35.3 Å². The molecule has 6 heteroatoms. The number of halogens is 2. The summed E-state index contributed by atoms with van der Waals surface area (Å²) in [5.41, 5.74) is 1.76. The number of hydrogen-bond donors (Lipinski definition) is 1. The molecule has 1 N–H and O–H groups in total. The second kappa shape index (κ2) is 6.08. The summed E-state index contributed by atoms with van der Waals surface area (Å²) in [5.74, 6) is 0.822. The van der Waals surface area contributed by atoms with Gasteiger partial charge in [-0.3, -0.25) is 0 Å². The zero-order chi connectivity index (χ0) is 13.8. The Hall–Kier alpha value is -1.52. The summed E-state index contributed by atoms with van der Waals surface area (Å²) in [5, 5.41) is 11.3. The summed E-state index contributed by atoms with van der Waals surface area (Å²) in [7, 11) is 1.64. The molecule has 1 heterocycles. The van der Waals surface area contributed by atoms with Crippen LogP contribution in [-0.2, 0) is 0 Å². The van der Waals surface area contributed by atoms with Crippen molar-refractivity contribution in [3.8, 4) is 5.75 Å². The SMILES string of the molecule is COc1ccc(C(C)Nc2cc(Cl)nnc2Cl)cc1. The van der Waals surface area contributed by atoms with Gasteiger partial charge in [0.05, 0.1) is 12.8 Å². The highest BCUT2D eigenvalue weighted by Crippen LogP contribution is 2.26. The van der Waals surface area contributed by atoms with E-state index in [0.717, 1.165) is 11.3 Å². The van der Waals surface area contributed by atoms with Crippen LogP contribution in [0.4, 0.5) is 5.69 Å². The van der Waals surface area contributed by atoms with Crippen molar-refractivity contribution in [2.24, 2.45) is 0 Å². The first-order chi connectivity index (χ1) is 9.10. The number of nitrogens with one attached hydrogen (secondary N) is 1. The maximum atomic E-state index is 5.96. The molecule has 1 aromatic heterocycles. The normalized spacial score (nSPS) is 12.0. The van der Waals surface area contributed by atoms with Crippen LogP contribution in [0.5, 0.6) is 5.75 Å². The Morgan fingerprint density at radius 3 is 2.47 bits per heavy atom. The number of hydrogen-bond acceptors (Lipinski definition) is 4. The van der Waals surface area contributed by atoms with E-state index in [-0.39, 0.29) is 6.04 Å². The quantitative estimate of drug-likeness (QED) is 0.928. The minimum Gasteiger partial charge on any atom is -0.497 e. The lowest BCUT2D eigenvalue weighted by atomic mass is 10.1. The fourth-order valence-corrected chi connectivity index (χ4v) is 1.96. The van der Waals surface area contributed by atoms with Gasteiger partial charge >= 0.3 is 0 Å². The first-order valence-corrected chi connectivity index (χ1v) is 6.45. The molecule has 1 aromatic carbocycles. The Kier molecular flexibility index (Phi) is 4.45. The van der Waals surface area contributed by atoms with Crippen molar-refractivity contribution >= 4 is 28.9 Å². The highest BCUT2D eigenvalue weighted by atomic mass is 35.5. The molecule has 19 heavy (non-hydrogen) atoms. The number of nitrogens with zero attached hydrogens (tertiary/aromatic N) is 2. The van der Waals surface area contributed by atoms with Crippen LogP contribution < -0.4 is 10.1 Å². The van der Waals surface area contributed by atoms with E-state index < -0.39 is 0 Å². The average Bonchev–Trinajstić information content (AvgIpc) is 2.43. The molecular weight excluding hydrogens is 285 g/mol. The molecular formula is C13H13Cl2N3O. The van der Waals surface area contributed by atoms with Crippen LogP contribution in [0.3, 0.4) is 0 Å². The summed E-state index contributed by atoms with van der Waals surface area (Å²) >= 11 is 11.8. The molecule has 2 aromatic rings. The number of anilines is 1. The van der Waals surface area contributed by atoms with Crippen LogP contribution in [0.1, 0.15) is 18.5 Å². The van der Waals surface area contributed by atoms with Gasteiger partial charge in [0.15, 0.2) is 10.3 Å². The second-order valence-corrected chi connectivity index (χ2v) is 4.76. The van der Waals surface area contributed by atoms with Gasteiger partial charge in [-0.25, -0.2) is 0 Å². The number of rotatable bonds is 4. The van der Waals surface area contributed by atoms with Crippen molar-refractivity contribution in [1.29, 1.82) is 0 Å². The highest BCUT2D eigenvalue weighted by molar-refractivity contribution is 6.33. The topological polar surface area (TPSA) is 47.0 Å².